The Balaban J connectivity index is 1.66. The summed E-state index contributed by atoms with van der Waals surface area (Å²) in [6, 6.07) is 2.64. The minimum absolute atomic E-state index is 0.00808. The average Bonchev–Trinajstić information content (AvgIpc) is 3.25. The molecule has 2 aromatic heterocycles. The van der Waals surface area contributed by atoms with E-state index in [4.69, 9.17) is 5.73 Å². The Morgan fingerprint density at radius 1 is 1.26 bits per heavy atom. The van der Waals surface area contributed by atoms with E-state index >= 15 is 4.39 Å². The van der Waals surface area contributed by atoms with Gasteiger partial charge in [0.1, 0.15) is 41.3 Å². The van der Waals surface area contributed by atoms with Crippen LogP contribution in [-0.4, -0.2) is 75.4 Å². The van der Waals surface area contributed by atoms with Crippen molar-refractivity contribution in [1.29, 1.82) is 0 Å². The number of rotatable bonds is 7. The first-order valence-corrected chi connectivity index (χ1v) is 11.7. The number of carboxylic acids is 1. The highest BCUT2D eigenvalue weighted by Gasteiger charge is 2.37. The van der Waals surface area contributed by atoms with Crippen molar-refractivity contribution < 1.29 is 31.9 Å². The summed E-state index contributed by atoms with van der Waals surface area (Å²) >= 11 is 0. The van der Waals surface area contributed by atoms with Gasteiger partial charge in [0.25, 0.3) is 0 Å². The number of nitrogens with zero attached hydrogens (tertiary/aromatic N) is 6. The van der Waals surface area contributed by atoms with E-state index in [9.17, 15) is 27.5 Å². The van der Waals surface area contributed by atoms with Gasteiger partial charge >= 0.3 is 12.1 Å². The van der Waals surface area contributed by atoms with Crippen LogP contribution in [0.15, 0.2) is 30.7 Å². The van der Waals surface area contributed by atoms with Crippen LogP contribution in [0.2, 0.25) is 0 Å². The van der Waals surface area contributed by atoms with Crippen LogP contribution in [0.5, 0.6) is 0 Å². The number of aromatic nitrogens is 4. The standard InChI is InChI=1S/C24H26F5N7O2/c1-34(2)7-8-36-11-18(13-3-4-16(25)15(9-13)24(27,28)29)33-21(36)14-5-6-35(10-17(14)26)22-19(23(37)38)20(30)31-12-32-22/h3-4,9,11-12,14,17H,5-8,10H2,1-2H3,(H,37,38)(H2,30,31,32)/t14-,17+/m0/s1. The van der Waals surface area contributed by atoms with E-state index in [0.29, 0.717) is 25.0 Å². The van der Waals surface area contributed by atoms with E-state index in [1.165, 1.54) is 11.0 Å². The van der Waals surface area contributed by atoms with Crippen molar-refractivity contribution in [3.8, 4) is 11.3 Å². The molecule has 9 nitrogen and oxygen atoms in total. The Hall–Kier alpha value is -3.81. The smallest absolute Gasteiger partial charge is 0.419 e. The zero-order valence-corrected chi connectivity index (χ0v) is 20.6. The van der Waals surface area contributed by atoms with Gasteiger partial charge in [0.05, 0.1) is 23.7 Å². The van der Waals surface area contributed by atoms with Crippen molar-refractivity contribution >= 4 is 17.6 Å². The number of benzene rings is 1. The highest BCUT2D eigenvalue weighted by atomic mass is 19.4. The Bertz CT molecular complexity index is 1330. The molecule has 204 valence electrons. The first-order chi connectivity index (χ1) is 17.9. The van der Waals surface area contributed by atoms with E-state index in [2.05, 4.69) is 15.0 Å². The molecule has 0 spiro atoms. The first-order valence-electron chi connectivity index (χ1n) is 11.7. The Labute approximate surface area is 214 Å². The molecule has 0 saturated carbocycles. The molecule has 0 bridgehead atoms. The Morgan fingerprint density at radius 2 is 2.00 bits per heavy atom. The average molecular weight is 540 g/mol. The Morgan fingerprint density at radius 3 is 2.63 bits per heavy atom. The molecule has 1 aliphatic heterocycles. The molecular weight excluding hydrogens is 513 g/mol. The number of halogens is 5. The van der Waals surface area contributed by atoms with E-state index in [0.717, 1.165) is 12.4 Å². The van der Waals surface area contributed by atoms with Crippen LogP contribution < -0.4 is 10.6 Å². The van der Waals surface area contributed by atoms with Gasteiger partial charge in [-0.1, -0.05) is 0 Å². The van der Waals surface area contributed by atoms with E-state index in [1.54, 1.807) is 10.8 Å². The SMILES string of the molecule is CN(C)CCn1cc(-c2ccc(F)c(C(F)(F)F)c2)nc1[C@H]1CCN(c2ncnc(N)c2C(=O)O)C[C@H]1F. The van der Waals surface area contributed by atoms with Gasteiger partial charge in [0.15, 0.2) is 0 Å². The van der Waals surface area contributed by atoms with Crippen molar-refractivity contribution in [1.82, 2.24) is 24.4 Å². The highest BCUT2D eigenvalue weighted by Crippen LogP contribution is 2.37. The fourth-order valence-corrected chi connectivity index (χ4v) is 4.48. The van der Waals surface area contributed by atoms with E-state index in [1.807, 2.05) is 19.0 Å². The van der Waals surface area contributed by atoms with Gasteiger partial charge in [-0.15, -0.1) is 0 Å². The van der Waals surface area contributed by atoms with Gasteiger partial charge in [-0.3, -0.25) is 0 Å². The topological polar surface area (TPSA) is 113 Å². The highest BCUT2D eigenvalue weighted by molar-refractivity contribution is 5.98. The number of carboxylic acid groups (broad SMARTS) is 1. The van der Waals surface area contributed by atoms with Crippen LogP contribution in [0.3, 0.4) is 0 Å². The van der Waals surface area contributed by atoms with Gasteiger partial charge in [-0.2, -0.15) is 13.2 Å². The van der Waals surface area contributed by atoms with Crippen molar-refractivity contribution in [2.24, 2.45) is 0 Å². The van der Waals surface area contributed by atoms with Crippen LogP contribution in [0, 0.1) is 5.82 Å². The summed E-state index contributed by atoms with van der Waals surface area (Å²) in [5, 5.41) is 9.52. The van der Waals surface area contributed by atoms with Gasteiger partial charge in [-0.25, -0.2) is 28.5 Å². The lowest BCUT2D eigenvalue weighted by molar-refractivity contribution is -0.139. The molecule has 1 fully saturated rings. The summed E-state index contributed by atoms with van der Waals surface area (Å²) in [6.07, 6.45) is -3.52. The third-order valence-corrected chi connectivity index (χ3v) is 6.41. The number of nitrogen functional groups attached to an aromatic ring is 1. The maximum Gasteiger partial charge on any atom is 0.419 e. The minimum Gasteiger partial charge on any atom is -0.477 e. The van der Waals surface area contributed by atoms with Crippen molar-refractivity contribution in [2.75, 3.05) is 44.4 Å². The fourth-order valence-electron chi connectivity index (χ4n) is 4.48. The number of anilines is 2. The third-order valence-electron chi connectivity index (χ3n) is 6.41. The molecule has 14 heteroatoms. The zero-order chi connectivity index (χ0) is 27.8. The second kappa shape index (κ2) is 10.5. The summed E-state index contributed by atoms with van der Waals surface area (Å²) < 4.78 is 71.0. The lowest BCUT2D eigenvalue weighted by Gasteiger charge is -2.35. The lowest BCUT2D eigenvalue weighted by Crippen LogP contribution is -2.43. The summed E-state index contributed by atoms with van der Waals surface area (Å²) in [5.74, 6) is -3.34. The molecule has 2 atom stereocenters. The van der Waals surface area contributed by atoms with Gasteiger partial charge in [0, 0.05) is 31.4 Å². The number of likely N-dealkylation sites (N-methyl/N-ethyl adjacent to an activating group) is 1. The summed E-state index contributed by atoms with van der Waals surface area (Å²) in [5.41, 5.74) is 4.20. The minimum atomic E-state index is -4.88. The van der Waals surface area contributed by atoms with Crippen LogP contribution in [0.25, 0.3) is 11.3 Å². The largest absolute Gasteiger partial charge is 0.477 e. The summed E-state index contributed by atoms with van der Waals surface area (Å²) in [6.45, 7) is 0.970. The van der Waals surface area contributed by atoms with E-state index in [-0.39, 0.29) is 48.0 Å². The lowest BCUT2D eigenvalue weighted by atomic mass is 9.93. The number of nitrogens with two attached hydrogens (primary N) is 1. The fraction of sp³-hybridized carbons (Fsp3) is 0.417. The van der Waals surface area contributed by atoms with Gasteiger partial charge in [-0.05, 0) is 38.7 Å². The number of hydrogen-bond donors (Lipinski definition) is 2. The molecule has 3 aromatic rings. The number of alkyl halides is 4. The number of piperidine rings is 1. The van der Waals surface area contributed by atoms with Crippen molar-refractivity contribution in [3.05, 3.63) is 53.5 Å². The molecular formula is C24H26F5N7O2. The number of carbonyl (C=O) groups is 1. The molecule has 0 radical (unpaired) electrons. The quantitative estimate of drug-likeness (QED) is 0.438. The predicted molar refractivity (Wildman–Crippen MR) is 129 cm³/mol. The number of hydrogen-bond acceptors (Lipinski definition) is 7. The monoisotopic (exact) mass is 539 g/mol. The van der Waals surface area contributed by atoms with Gasteiger partial charge in [0.2, 0.25) is 0 Å². The molecule has 3 N–H and O–H groups in total. The summed E-state index contributed by atoms with van der Waals surface area (Å²) in [7, 11) is 3.69. The molecule has 0 unspecified atom stereocenters. The molecule has 4 rings (SSSR count). The number of imidazole rings is 1. The second-order valence-corrected chi connectivity index (χ2v) is 9.29. The normalized spacial score (nSPS) is 18.3. The molecule has 0 amide bonds. The molecule has 1 aliphatic rings. The van der Waals surface area contributed by atoms with Crippen molar-refractivity contribution in [3.63, 3.8) is 0 Å². The van der Waals surface area contributed by atoms with Crippen LogP contribution >= 0.6 is 0 Å². The maximum absolute atomic E-state index is 15.6. The van der Waals surface area contributed by atoms with E-state index < -0.39 is 35.6 Å². The molecule has 3 heterocycles. The molecule has 0 aliphatic carbocycles. The second-order valence-electron chi connectivity index (χ2n) is 9.29. The summed E-state index contributed by atoms with van der Waals surface area (Å²) in [4.78, 5) is 27.2. The van der Waals surface area contributed by atoms with Crippen LogP contribution in [0.1, 0.15) is 34.1 Å². The third kappa shape index (κ3) is 5.54. The molecule has 1 saturated heterocycles. The molecule has 38 heavy (non-hydrogen) atoms. The molecule has 1 aromatic carbocycles. The van der Waals surface area contributed by atoms with Crippen molar-refractivity contribution in [2.45, 2.75) is 31.2 Å². The maximum atomic E-state index is 15.6. The predicted octanol–water partition coefficient (Wildman–Crippen LogP) is 3.67. The Kier molecular flexibility index (Phi) is 7.54. The van der Waals surface area contributed by atoms with Crippen LogP contribution in [-0.2, 0) is 12.7 Å². The number of aromatic carboxylic acids is 1. The van der Waals surface area contributed by atoms with Crippen LogP contribution in [0.4, 0.5) is 33.6 Å². The first kappa shape index (κ1) is 27.2. The van der Waals surface area contributed by atoms with Gasteiger partial charge < -0.3 is 25.2 Å². The zero-order valence-electron chi connectivity index (χ0n) is 20.6.